The van der Waals surface area contributed by atoms with Crippen molar-refractivity contribution in [2.45, 2.75) is 6.04 Å². The van der Waals surface area contributed by atoms with E-state index in [1.54, 1.807) is 6.08 Å². The minimum absolute atomic E-state index is 0.0735. The second-order valence-electron chi connectivity index (χ2n) is 6.43. The number of allylic oxidation sites excluding steroid dienone is 1. The second-order valence-corrected chi connectivity index (χ2v) is 6.43. The number of rotatable bonds is 7. The Kier molecular flexibility index (Phi) is 5.99. The Hall–Kier alpha value is -3.58. The molecule has 150 valence electrons. The van der Waals surface area contributed by atoms with E-state index in [4.69, 9.17) is 4.74 Å². The number of hydrogen-bond donors (Lipinski definition) is 3. The number of ketones is 1. The summed E-state index contributed by atoms with van der Waals surface area (Å²) in [5.41, 5.74) is 1.16. The number of methoxy groups -OCH3 is 1. The van der Waals surface area contributed by atoms with E-state index in [1.807, 2.05) is 30.3 Å². The Bertz CT molecular complexity index is 980. The third-order valence-electron chi connectivity index (χ3n) is 4.66. The monoisotopic (exact) mass is 395 g/mol. The fraction of sp³-hybridized carbons (Fsp3) is 0.182. The summed E-state index contributed by atoms with van der Waals surface area (Å²) in [7, 11) is 1.38. The molecular weight excluding hydrogens is 374 g/mol. The number of β-amino-alcohol motifs (C(OH)–C–C–N with tert-alkyl or cyclic N) is 1. The summed E-state index contributed by atoms with van der Waals surface area (Å²) in [6, 6.07) is 12.6. The molecule has 7 heteroatoms. The van der Waals surface area contributed by atoms with Gasteiger partial charge in [0.2, 0.25) is 0 Å². The van der Waals surface area contributed by atoms with E-state index in [0.717, 1.165) is 5.56 Å². The van der Waals surface area contributed by atoms with Gasteiger partial charge in [0.1, 0.15) is 0 Å². The number of phenolic OH excluding ortho intramolecular Hbond substituents is 1. The maximum atomic E-state index is 12.9. The molecule has 0 aromatic heterocycles. The maximum Gasteiger partial charge on any atom is 0.290 e. The van der Waals surface area contributed by atoms with Crippen LogP contribution in [0.1, 0.15) is 17.2 Å². The molecule has 1 heterocycles. The van der Waals surface area contributed by atoms with E-state index < -0.39 is 23.5 Å². The van der Waals surface area contributed by atoms with Gasteiger partial charge in [-0.15, -0.1) is 0 Å². The van der Waals surface area contributed by atoms with Gasteiger partial charge in [-0.05, 0) is 29.3 Å². The summed E-state index contributed by atoms with van der Waals surface area (Å²) >= 11 is 0. The average Bonchev–Trinajstić information content (AvgIpc) is 2.98. The topological polar surface area (TPSA) is 107 Å². The highest BCUT2D eigenvalue weighted by Crippen LogP contribution is 2.40. The molecule has 1 aliphatic heterocycles. The van der Waals surface area contributed by atoms with E-state index in [-0.39, 0.29) is 30.2 Å². The first-order chi connectivity index (χ1) is 14.0. The molecule has 3 N–H and O–H groups in total. The second kappa shape index (κ2) is 8.62. The molecule has 1 amide bonds. The Morgan fingerprint density at radius 2 is 1.90 bits per heavy atom. The Morgan fingerprint density at radius 3 is 2.55 bits per heavy atom. The normalized spacial score (nSPS) is 16.7. The van der Waals surface area contributed by atoms with Crippen LogP contribution in [0.25, 0.3) is 6.08 Å². The molecule has 3 rings (SSSR count). The highest BCUT2D eigenvalue weighted by Gasteiger charge is 2.42. The third kappa shape index (κ3) is 4.00. The summed E-state index contributed by atoms with van der Waals surface area (Å²) in [6.45, 7) is -0.415. The van der Waals surface area contributed by atoms with Gasteiger partial charge >= 0.3 is 0 Å². The summed E-state index contributed by atoms with van der Waals surface area (Å²) in [5.74, 6) is -1.86. The molecule has 0 saturated heterocycles. The highest BCUT2D eigenvalue weighted by atomic mass is 16.5. The molecule has 1 unspecified atom stereocenters. The minimum Gasteiger partial charge on any atom is -0.504 e. The zero-order valence-corrected chi connectivity index (χ0v) is 15.8. The first-order valence-corrected chi connectivity index (χ1v) is 8.97. The Morgan fingerprint density at radius 1 is 1.17 bits per heavy atom. The summed E-state index contributed by atoms with van der Waals surface area (Å²) < 4.78 is 5.11. The first-order valence-electron chi connectivity index (χ1n) is 8.97. The number of carbonyl (C=O) groups excluding carboxylic acids is 2. The molecule has 0 aliphatic carbocycles. The van der Waals surface area contributed by atoms with Crippen LogP contribution in [0, 0.1) is 0 Å². The van der Waals surface area contributed by atoms with E-state index >= 15 is 0 Å². The molecule has 1 aliphatic rings. The van der Waals surface area contributed by atoms with Crippen LogP contribution >= 0.6 is 0 Å². The molecule has 2 aromatic rings. The van der Waals surface area contributed by atoms with Crippen molar-refractivity contribution in [2.24, 2.45) is 0 Å². The number of amides is 1. The number of phenols is 1. The number of aliphatic hydroxyl groups excluding tert-OH is 2. The zero-order valence-electron chi connectivity index (χ0n) is 15.8. The van der Waals surface area contributed by atoms with Crippen LogP contribution in [0.5, 0.6) is 11.5 Å². The van der Waals surface area contributed by atoms with Gasteiger partial charge in [0, 0.05) is 6.54 Å². The van der Waals surface area contributed by atoms with E-state index in [2.05, 4.69) is 0 Å². The predicted molar refractivity (Wildman–Crippen MR) is 106 cm³/mol. The van der Waals surface area contributed by atoms with Crippen molar-refractivity contribution < 1.29 is 29.6 Å². The standard InChI is InChI=1S/C22H21NO6/c1-29-18-13-15(8-10-16(18)25)20-19(21(27)22(28)23(20)11-12-24)17(26)9-7-14-5-3-2-4-6-14/h2-10,13,20,24-25,27H,11-12H2,1H3/b9-7+. The van der Waals surface area contributed by atoms with Crippen molar-refractivity contribution in [1.82, 2.24) is 4.90 Å². The van der Waals surface area contributed by atoms with Crippen LogP contribution < -0.4 is 4.74 Å². The van der Waals surface area contributed by atoms with E-state index in [0.29, 0.717) is 5.56 Å². The van der Waals surface area contributed by atoms with Crippen LogP contribution in [0.4, 0.5) is 0 Å². The zero-order chi connectivity index (χ0) is 21.0. The van der Waals surface area contributed by atoms with Gasteiger partial charge in [0.25, 0.3) is 5.91 Å². The van der Waals surface area contributed by atoms with Crippen molar-refractivity contribution in [2.75, 3.05) is 20.3 Å². The van der Waals surface area contributed by atoms with Crippen molar-refractivity contribution >= 4 is 17.8 Å². The smallest absolute Gasteiger partial charge is 0.290 e. The molecule has 0 radical (unpaired) electrons. The molecule has 0 bridgehead atoms. The first kappa shape index (κ1) is 20.2. The minimum atomic E-state index is -0.919. The number of benzene rings is 2. The predicted octanol–water partition coefficient (Wildman–Crippen LogP) is 2.37. The lowest BCUT2D eigenvalue weighted by Crippen LogP contribution is -2.33. The average molecular weight is 395 g/mol. The van der Waals surface area contributed by atoms with Crippen molar-refractivity contribution in [3.05, 3.63) is 77.1 Å². The van der Waals surface area contributed by atoms with Gasteiger partial charge in [-0.25, -0.2) is 0 Å². The number of aliphatic hydroxyl groups is 2. The van der Waals surface area contributed by atoms with Crippen molar-refractivity contribution in [1.29, 1.82) is 0 Å². The lowest BCUT2D eigenvalue weighted by molar-refractivity contribution is -0.129. The van der Waals surface area contributed by atoms with Crippen LogP contribution in [-0.2, 0) is 9.59 Å². The number of nitrogens with zero attached hydrogens (tertiary/aromatic N) is 1. The lowest BCUT2D eigenvalue weighted by Gasteiger charge is -2.26. The highest BCUT2D eigenvalue weighted by molar-refractivity contribution is 6.14. The summed E-state index contributed by atoms with van der Waals surface area (Å²) in [5, 5.41) is 29.6. The maximum absolute atomic E-state index is 12.9. The molecule has 1 atom stereocenters. The number of hydrogen-bond acceptors (Lipinski definition) is 6. The molecule has 0 fully saturated rings. The SMILES string of the molecule is COc1cc(C2C(C(=O)/C=C/c3ccccc3)=C(O)C(=O)N2CCO)ccc1O. The fourth-order valence-electron chi connectivity index (χ4n) is 3.28. The van der Waals surface area contributed by atoms with Gasteiger partial charge < -0.3 is 25.0 Å². The van der Waals surface area contributed by atoms with Gasteiger partial charge in [-0.2, -0.15) is 0 Å². The molecule has 29 heavy (non-hydrogen) atoms. The molecule has 7 nitrogen and oxygen atoms in total. The van der Waals surface area contributed by atoms with Gasteiger partial charge in [0.05, 0.1) is 25.3 Å². The van der Waals surface area contributed by atoms with Crippen LogP contribution in [-0.4, -0.2) is 52.2 Å². The number of aromatic hydroxyl groups is 1. The summed E-state index contributed by atoms with van der Waals surface area (Å²) in [4.78, 5) is 26.7. The Balaban J connectivity index is 2.03. The van der Waals surface area contributed by atoms with Gasteiger partial charge in [0.15, 0.2) is 23.0 Å². The van der Waals surface area contributed by atoms with Crippen molar-refractivity contribution in [3.63, 3.8) is 0 Å². The third-order valence-corrected chi connectivity index (χ3v) is 4.66. The molecule has 2 aromatic carbocycles. The quantitative estimate of drug-likeness (QED) is 0.622. The molecule has 0 spiro atoms. The van der Waals surface area contributed by atoms with Crippen LogP contribution in [0.2, 0.25) is 0 Å². The summed E-state index contributed by atoms with van der Waals surface area (Å²) in [6.07, 6.45) is 2.89. The molecular formula is C22H21NO6. The van der Waals surface area contributed by atoms with E-state index in [1.165, 1.54) is 36.3 Å². The number of ether oxygens (including phenoxy) is 1. The number of carbonyl (C=O) groups is 2. The van der Waals surface area contributed by atoms with Crippen LogP contribution in [0.3, 0.4) is 0 Å². The lowest BCUT2D eigenvalue weighted by atomic mass is 9.95. The van der Waals surface area contributed by atoms with Crippen molar-refractivity contribution in [3.8, 4) is 11.5 Å². The Labute approximate surface area is 167 Å². The largest absolute Gasteiger partial charge is 0.504 e. The molecule has 0 saturated carbocycles. The van der Waals surface area contributed by atoms with Crippen LogP contribution in [0.15, 0.2) is 65.9 Å². The fourth-order valence-corrected chi connectivity index (χ4v) is 3.28. The van der Waals surface area contributed by atoms with Gasteiger partial charge in [-0.1, -0.05) is 42.5 Å². The van der Waals surface area contributed by atoms with E-state index in [9.17, 15) is 24.9 Å². The van der Waals surface area contributed by atoms with Gasteiger partial charge in [-0.3, -0.25) is 9.59 Å².